The zero-order valence-corrected chi connectivity index (χ0v) is 11.5. The lowest BCUT2D eigenvalue weighted by Crippen LogP contribution is -2.51. The molecule has 0 aromatic carbocycles. The maximum Gasteiger partial charge on any atom is 0.326 e. The highest BCUT2D eigenvalue weighted by Gasteiger charge is 2.36. The molecule has 1 heterocycles. The van der Waals surface area contributed by atoms with Crippen LogP contribution in [0.2, 0.25) is 0 Å². The number of carboxylic acids is 1. The van der Waals surface area contributed by atoms with Crippen LogP contribution in [0, 0.1) is 5.92 Å². The molecule has 0 aromatic heterocycles. The van der Waals surface area contributed by atoms with Gasteiger partial charge in [-0.2, -0.15) is 0 Å². The average molecular weight is 255 g/mol. The third-order valence-electron chi connectivity index (χ3n) is 3.75. The van der Waals surface area contributed by atoms with Gasteiger partial charge in [0.15, 0.2) is 0 Å². The minimum atomic E-state index is -0.857. The number of carboxylic acid groups (broad SMARTS) is 1. The second-order valence-corrected chi connectivity index (χ2v) is 5.30. The number of piperidine rings is 1. The van der Waals surface area contributed by atoms with Crippen LogP contribution in [0.25, 0.3) is 0 Å². The van der Waals surface area contributed by atoms with E-state index in [1.807, 2.05) is 6.92 Å². The Morgan fingerprint density at radius 1 is 1.28 bits per heavy atom. The Kier molecular flexibility index (Phi) is 6.16. The molecule has 0 aliphatic carbocycles. The zero-order chi connectivity index (χ0) is 13.5. The lowest BCUT2D eigenvalue weighted by atomic mass is 9.90. The Morgan fingerprint density at radius 3 is 2.61 bits per heavy atom. The maximum atomic E-state index is 12.1. The van der Waals surface area contributed by atoms with Gasteiger partial charge in [0.25, 0.3) is 0 Å². The molecule has 2 atom stereocenters. The van der Waals surface area contributed by atoms with Gasteiger partial charge >= 0.3 is 5.97 Å². The lowest BCUT2D eigenvalue weighted by Gasteiger charge is -2.37. The fraction of sp³-hybridized carbons (Fsp3) is 0.857. The van der Waals surface area contributed by atoms with Gasteiger partial charge < -0.3 is 10.0 Å². The number of aliphatic carboxylic acids is 1. The van der Waals surface area contributed by atoms with E-state index in [-0.39, 0.29) is 11.8 Å². The number of likely N-dealkylation sites (tertiary alicyclic amines) is 1. The molecule has 4 nitrogen and oxygen atoms in total. The molecule has 1 amide bonds. The third-order valence-corrected chi connectivity index (χ3v) is 3.75. The van der Waals surface area contributed by atoms with Gasteiger partial charge in [0.2, 0.25) is 5.91 Å². The minimum Gasteiger partial charge on any atom is -0.480 e. The number of hydrogen-bond donors (Lipinski definition) is 1. The molecule has 0 aromatic rings. The van der Waals surface area contributed by atoms with Crippen molar-refractivity contribution in [1.82, 2.24) is 4.90 Å². The summed E-state index contributed by atoms with van der Waals surface area (Å²) in [6.45, 7) is 4.66. The van der Waals surface area contributed by atoms with Crippen LogP contribution in [0.1, 0.15) is 58.8 Å². The van der Waals surface area contributed by atoms with Crippen molar-refractivity contribution in [2.45, 2.75) is 64.8 Å². The molecule has 104 valence electrons. The molecule has 1 N–H and O–H groups in total. The SMILES string of the molecule is CCCCCCC(=O)N1CCCC(C)C1C(=O)O. The molecule has 18 heavy (non-hydrogen) atoms. The Balaban J connectivity index is 2.50. The van der Waals surface area contributed by atoms with Crippen LogP contribution in [-0.4, -0.2) is 34.5 Å². The lowest BCUT2D eigenvalue weighted by molar-refractivity contribution is -0.154. The molecule has 0 saturated carbocycles. The molecule has 2 unspecified atom stereocenters. The van der Waals surface area contributed by atoms with Crippen LogP contribution in [-0.2, 0) is 9.59 Å². The molecular formula is C14H25NO3. The van der Waals surface area contributed by atoms with Gasteiger partial charge in [0, 0.05) is 13.0 Å². The van der Waals surface area contributed by atoms with Crippen molar-refractivity contribution in [2.75, 3.05) is 6.54 Å². The van der Waals surface area contributed by atoms with Gasteiger partial charge in [-0.1, -0.05) is 33.1 Å². The Hall–Kier alpha value is -1.06. The number of carbonyl (C=O) groups is 2. The van der Waals surface area contributed by atoms with E-state index in [0.29, 0.717) is 13.0 Å². The molecule has 0 radical (unpaired) electrons. The summed E-state index contributed by atoms with van der Waals surface area (Å²) in [5.41, 5.74) is 0. The molecule has 1 aliphatic heterocycles. The van der Waals surface area contributed by atoms with E-state index in [0.717, 1.165) is 38.5 Å². The van der Waals surface area contributed by atoms with E-state index in [1.165, 1.54) is 0 Å². The molecule has 1 rings (SSSR count). The van der Waals surface area contributed by atoms with Gasteiger partial charge in [-0.25, -0.2) is 4.79 Å². The molecular weight excluding hydrogens is 230 g/mol. The fourth-order valence-corrected chi connectivity index (χ4v) is 2.69. The summed E-state index contributed by atoms with van der Waals surface area (Å²) in [6.07, 6.45) is 6.55. The highest BCUT2D eigenvalue weighted by atomic mass is 16.4. The first-order valence-corrected chi connectivity index (χ1v) is 7.10. The van der Waals surface area contributed by atoms with Gasteiger partial charge in [0.1, 0.15) is 6.04 Å². The predicted molar refractivity (Wildman–Crippen MR) is 70.3 cm³/mol. The first-order valence-electron chi connectivity index (χ1n) is 7.10. The number of rotatable bonds is 6. The molecule has 4 heteroatoms. The molecule has 1 saturated heterocycles. The Bertz CT molecular complexity index is 291. The van der Waals surface area contributed by atoms with Crippen LogP contribution in [0.5, 0.6) is 0 Å². The van der Waals surface area contributed by atoms with Crippen LogP contribution in [0.4, 0.5) is 0 Å². The summed E-state index contributed by atoms with van der Waals surface area (Å²) in [5.74, 6) is -0.773. The monoisotopic (exact) mass is 255 g/mol. The van der Waals surface area contributed by atoms with E-state index in [4.69, 9.17) is 0 Å². The number of unbranched alkanes of at least 4 members (excludes halogenated alkanes) is 3. The quantitative estimate of drug-likeness (QED) is 0.742. The van der Waals surface area contributed by atoms with Gasteiger partial charge in [-0.15, -0.1) is 0 Å². The minimum absolute atomic E-state index is 0.0186. The molecule has 1 fully saturated rings. The van der Waals surface area contributed by atoms with E-state index in [1.54, 1.807) is 4.90 Å². The van der Waals surface area contributed by atoms with Crippen LogP contribution in [0.3, 0.4) is 0 Å². The topological polar surface area (TPSA) is 57.6 Å². The first kappa shape index (κ1) is 15.0. The zero-order valence-electron chi connectivity index (χ0n) is 11.5. The van der Waals surface area contributed by atoms with Crippen LogP contribution < -0.4 is 0 Å². The van der Waals surface area contributed by atoms with Crippen molar-refractivity contribution in [1.29, 1.82) is 0 Å². The highest BCUT2D eigenvalue weighted by molar-refractivity contribution is 5.84. The molecule has 0 spiro atoms. The molecule has 0 bridgehead atoms. The Labute approximate surface area is 109 Å². The smallest absolute Gasteiger partial charge is 0.326 e. The van der Waals surface area contributed by atoms with Crippen LogP contribution in [0.15, 0.2) is 0 Å². The summed E-state index contributed by atoms with van der Waals surface area (Å²) in [5, 5.41) is 9.24. The molecule has 1 aliphatic rings. The highest BCUT2D eigenvalue weighted by Crippen LogP contribution is 2.24. The van der Waals surface area contributed by atoms with Gasteiger partial charge in [-0.3, -0.25) is 4.79 Å². The van der Waals surface area contributed by atoms with Crippen molar-refractivity contribution in [3.63, 3.8) is 0 Å². The second kappa shape index (κ2) is 7.39. The summed E-state index contributed by atoms with van der Waals surface area (Å²) in [7, 11) is 0. The largest absolute Gasteiger partial charge is 0.480 e. The number of nitrogens with zero attached hydrogens (tertiary/aromatic N) is 1. The first-order chi connectivity index (χ1) is 8.57. The summed E-state index contributed by atoms with van der Waals surface area (Å²) >= 11 is 0. The van der Waals surface area contributed by atoms with Crippen molar-refractivity contribution in [3.8, 4) is 0 Å². The summed E-state index contributed by atoms with van der Waals surface area (Å²) < 4.78 is 0. The van der Waals surface area contributed by atoms with E-state index >= 15 is 0 Å². The maximum absolute atomic E-state index is 12.1. The fourth-order valence-electron chi connectivity index (χ4n) is 2.69. The third kappa shape index (κ3) is 4.00. The van der Waals surface area contributed by atoms with Crippen molar-refractivity contribution in [3.05, 3.63) is 0 Å². The van der Waals surface area contributed by atoms with E-state index in [9.17, 15) is 14.7 Å². The van der Waals surface area contributed by atoms with Gasteiger partial charge in [-0.05, 0) is 25.2 Å². The summed E-state index contributed by atoms with van der Waals surface area (Å²) in [6, 6.07) is -0.613. The van der Waals surface area contributed by atoms with Crippen LogP contribution >= 0.6 is 0 Å². The van der Waals surface area contributed by atoms with E-state index in [2.05, 4.69) is 6.92 Å². The number of amides is 1. The number of hydrogen-bond acceptors (Lipinski definition) is 2. The van der Waals surface area contributed by atoms with Crippen molar-refractivity contribution in [2.24, 2.45) is 5.92 Å². The normalized spacial score (nSPS) is 24.0. The standard InChI is InChI=1S/C14H25NO3/c1-3-4-5-6-9-12(16)15-10-7-8-11(2)13(15)14(17)18/h11,13H,3-10H2,1-2H3,(H,17,18). The number of carbonyl (C=O) groups excluding carboxylic acids is 1. The van der Waals surface area contributed by atoms with Crippen molar-refractivity contribution < 1.29 is 14.7 Å². The van der Waals surface area contributed by atoms with Gasteiger partial charge in [0.05, 0.1) is 0 Å². The Morgan fingerprint density at radius 2 is 2.00 bits per heavy atom. The summed E-state index contributed by atoms with van der Waals surface area (Å²) in [4.78, 5) is 24.9. The van der Waals surface area contributed by atoms with Crippen molar-refractivity contribution >= 4 is 11.9 Å². The second-order valence-electron chi connectivity index (χ2n) is 5.30. The average Bonchev–Trinajstić information content (AvgIpc) is 2.33. The van der Waals surface area contributed by atoms with E-state index < -0.39 is 12.0 Å². The predicted octanol–water partition coefficient (Wildman–Crippen LogP) is 2.67.